The van der Waals surface area contributed by atoms with Gasteiger partial charge >= 0.3 is 0 Å². The van der Waals surface area contributed by atoms with Gasteiger partial charge in [-0.3, -0.25) is 4.90 Å². The summed E-state index contributed by atoms with van der Waals surface area (Å²) in [6, 6.07) is 22.7. The zero-order chi connectivity index (χ0) is 18.2. The van der Waals surface area contributed by atoms with E-state index in [-0.39, 0.29) is 5.82 Å². The smallest absolute Gasteiger partial charge is 0.124 e. The van der Waals surface area contributed by atoms with Crippen LogP contribution in [0.1, 0.15) is 28.3 Å². The number of hydrogen-bond donors (Lipinski definition) is 1. The summed E-state index contributed by atoms with van der Waals surface area (Å²) in [5.74, 6) is -0.205. The Bertz CT molecular complexity index is 988. The average molecular weight is 377 g/mol. The lowest BCUT2D eigenvalue weighted by molar-refractivity contribution is 0.161. The Morgan fingerprint density at radius 3 is 2.78 bits per heavy atom. The highest BCUT2D eigenvalue weighted by Crippen LogP contribution is 2.38. The summed E-state index contributed by atoms with van der Waals surface area (Å²) in [6.45, 7) is 2.12. The van der Waals surface area contributed by atoms with Crippen LogP contribution in [0, 0.1) is 5.82 Å². The molecule has 2 nitrogen and oxygen atoms in total. The van der Waals surface area contributed by atoms with E-state index < -0.39 is 0 Å². The van der Waals surface area contributed by atoms with E-state index in [0.717, 1.165) is 36.5 Å². The molecule has 1 unspecified atom stereocenters. The van der Waals surface area contributed by atoms with Crippen LogP contribution in [-0.4, -0.2) is 11.4 Å². The lowest BCUT2D eigenvalue weighted by Gasteiger charge is -2.41. The molecular formula is C23H21FN2S. The largest absolute Gasteiger partial charge is 0.326 e. The number of anilines is 1. The second-order valence-corrected chi connectivity index (χ2v) is 8.16. The van der Waals surface area contributed by atoms with Crippen LogP contribution in [0.5, 0.6) is 0 Å². The van der Waals surface area contributed by atoms with Crippen molar-refractivity contribution in [2.45, 2.75) is 30.3 Å². The lowest BCUT2D eigenvalue weighted by Crippen LogP contribution is -2.39. The second-order valence-electron chi connectivity index (χ2n) is 7.28. The maximum atomic E-state index is 13.3. The molecule has 0 fully saturated rings. The van der Waals surface area contributed by atoms with E-state index in [2.05, 4.69) is 52.1 Å². The van der Waals surface area contributed by atoms with Crippen LogP contribution in [0.4, 0.5) is 10.1 Å². The summed E-state index contributed by atoms with van der Waals surface area (Å²) < 4.78 is 16.7. The first-order chi connectivity index (χ1) is 13.3. The minimum absolute atomic E-state index is 0.205. The zero-order valence-electron chi connectivity index (χ0n) is 15.0. The van der Waals surface area contributed by atoms with Crippen molar-refractivity contribution in [3.8, 4) is 0 Å². The van der Waals surface area contributed by atoms with Gasteiger partial charge in [-0.25, -0.2) is 4.39 Å². The highest BCUT2D eigenvalue weighted by molar-refractivity contribution is 8.00. The third-order valence-corrected chi connectivity index (χ3v) is 6.43. The first-order valence-corrected chi connectivity index (χ1v) is 10.2. The van der Waals surface area contributed by atoms with Gasteiger partial charge in [-0.15, -0.1) is 0 Å². The third-order valence-electron chi connectivity index (χ3n) is 5.60. The van der Waals surface area contributed by atoms with Crippen LogP contribution in [0.25, 0.3) is 0 Å². The van der Waals surface area contributed by atoms with Gasteiger partial charge in [-0.2, -0.15) is 0 Å². The van der Waals surface area contributed by atoms with E-state index in [1.807, 2.05) is 6.07 Å². The van der Waals surface area contributed by atoms with Crippen LogP contribution in [0.2, 0.25) is 0 Å². The van der Waals surface area contributed by atoms with Gasteiger partial charge in [0.2, 0.25) is 0 Å². The number of halogens is 1. The highest BCUT2D eigenvalue weighted by atomic mass is 32.2. The van der Waals surface area contributed by atoms with Crippen molar-refractivity contribution in [1.82, 2.24) is 4.90 Å². The molecule has 2 heterocycles. The fourth-order valence-electron chi connectivity index (χ4n) is 4.24. The van der Waals surface area contributed by atoms with E-state index in [1.165, 1.54) is 40.3 Å². The molecule has 27 heavy (non-hydrogen) atoms. The standard InChI is InChI=1S/C23H21FN2S/c24-19-5-3-6-21(14-19)27-25-20-9-8-17-13-23-22-7-2-1-4-16(22)10-11-26(23)15-18(17)12-20/h1-9,12,14,23,25H,10-11,13,15H2. The Hall–Kier alpha value is -2.30. The van der Waals surface area contributed by atoms with E-state index >= 15 is 0 Å². The molecule has 5 rings (SSSR count). The molecule has 0 amide bonds. The molecule has 1 atom stereocenters. The average Bonchev–Trinajstić information content (AvgIpc) is 2.70. The summed E-state index contributed by atoms with van der Waals surface area (Å²) in [5.41, 5.74) is 6.91. The normalized spacial score (nSPS) is 18.3. The van der Waals surface area contributed by atoms with Crippen molar-refractivity contribution >= 4 is 17.6 Å². The van der Waals surface area contributed by atoms with Crippen molar-refractivity contribution in [3.63, 3.8) is 0 Å². The van der Waals surface area contributed by atoms with Crippen molar-refractivity contribution in [2.24, 2.45) is 0 Å². The van der Waals surface area contributed by atoms with Crippen LogP contribution in [0.3, 0.4) is 0 Å². The Kier molecular flexibility index (Phi) is 4.38. The molecule has 3 aromatic rings. The van der Waals surface area contributed by atoms with Gasteiger partial charge in [0.25, 0.3) is 0 Å². The minimum atomic E-state index is -0.205. The van der Waals surface area contributed by atoms with Gasteiger partial charge in [-0.1, -0.05) is 36.4 Å². The van der Waals surface area contributed by atoms with Crippen molar-refractivity contribution in [3.05, 3.63) is 94.8 Å². The molecule has 4 heteroatoms. The highest BCUT2D eigenvalue weighted by Gasteiger charge is 2.31. The van der Waals surface area contributed by atoms with Crippen LogP contribution < -0.4 is 4.72 Å². The summed E-state index contributed by atoms with van der Waals surface area (Å²) in [6.07, 6.45) is 2.21. The van der Waals surface area contributed by atoms with E-state index in [1.54, 1.807) is 12.1 Å². The number of rotatable bonds is 3. The molecule has 136 valence electrons. The van der Waals surface area contributed by atoms with E-state index in [9.17, 15) is 4.39 Å². The monoisotopic (exact) mass is 376 g/mol. The maximum Gasteiger partial charge on any atom is 0.124 e. The number of benzene rings is 3. The molecule has 0 spiro atoms. The third kappa shape index (κ3) is 3.35. The minimum Gasteiger partial charge on any atom is -0.326 e. The molecule has 0 bridgehead atoms. The van der Waals surface area contributed by atoms with Crippen LogP contribution in [0.15, 0.2) is 71.6 Å². The van der Waals surface area contributed by atoms with Gasteiger partial charge in [0.1, 0.15) is 5.82 Å². The topological polar surface area (TPSA) is 15.3 Å². The Morgan fingerprint density at radius 2 is 1.85 bits per heavy atom. The summed E-state index contributed by atoms with van der Waals surface area (Å²) in [7, 11) is 0. The first kappa shape index (κ1) is 16.8. The Morgan fingerprint density at radius 1 is 0.926 bits per heavy atom. The van der Waals surface area contributed by atoms with Gasteiger partial charge in [0.15, 0.2) is 0 Å². The molecule has 0 aromatic heterocycles. The molecule has 0 radical (unpaired) electrons. The number of hydrogen-bond acceptors (Lipinski definition) is 3. The number of fused-ring (bicyclic) bond motifs is 4. The maximum absolute atomic E-state index is 13.3. The molecule has 2 aliphatic heterocycles. The van der Waals surface area contributed by atoms with Gasteiger partial charge in [0, 0.05) is 29.7 Å². The first-order valence-electron chi connectivity index (χ1n) is 9.38. The van der Waals surface area contributed by atoms with Crippen molar-refractivity contribution in [1.29, 1.82) is 0 Å². The predicted molar refractivity (Wildman–Crippen MR) is 109 cm³/mol. The number of nitrogens with one attached hydrogen (secondary N) is 1. The van der Waals surface area contributed by atoms with Crippen molar-refractivity contribution < 1.29 is 4.39 Å². The molecule has 2 aliphatic rings. The number of nitrogens with zero attached hydrogens (tertiary/aromatic N) is 1. The molecule has 0 saturated carbocycles. The molecule has 0 saturated heterocycles. The SMILES string of the molecule is Fc1cccc(SNc2ccc3c(c2)CN2CCc4ccccc4C2C3)c1. The van der Waals surface area contributed by atoms with Gasteiger partial charge < -0.3 is 4.72 Å². The van der Waals surface area contributed by atoms with E-state index in [4.69, 9.17) is 0 Å². The molecule has 0 aliphatic carbocycles. The molecule has 3 aromatic carbocycles. The lowest BCUT2D eigenvalue weighted by atomic mass is 9.84. The quantitative estimate of drug-likeness (QED) is 0.599. The molecule has 1 N–H and O–H groups in total. The van der Waals surface area contributed by atoms with Gasteiger partial charge in [0.05, 0.1) is 0 Å². The fraction of sp³-hybridized carbons (Fsp3) is 0.217. The zero-order valence-corrected chi connectivity index (χ0v) is 15.8. The van der Waals surface area contributed by atoms with Crippen LogP contribution in [-0.2, 0) is 19.4 Å². The van der Waals surface area contributed by atoms with Gasteiger partial charge in [-0.05, 0) is 77.4 Å². The van der Waals surface area contributed by atoms with E-state index in [0.29, 0.717) is 6.04 Å². The fourth-order valence-corrected chi connectivity index (χ4v) is 4.92. The second kappa shape index (κ2) is 7.02. The van der Waals surface area contributed by atoms with Crippen molar-refractivity contribution in [2.75, 3.05) is 11.3 Å². The summed E-state index contributed by atoms with van der Waals surface area (Å²) in [5, 5.41) is 0. The Balaban J connectivity index is 1.35. The summed E-state index contributed by atoms with van der Waals surface area (Å²) in [4.78, 5) is 3.48. The summed E-state index contributed by atoms with van der Waals surface area (Å²) >= 11 is 1.45. The predicted octanol–water partition coefficient (Wildman–Crippen LogP) is 5.60. The Labute approximate surface area is 163 Å². The molecular weight excluding hydrogens is 355 g/mol. The van der Waals surface area contributed by atoms with Crippen LogP contribution >= 0.6 is 11.9 Å².